The van der Waals surface area contributed by atoms with Gasteiger partial charge in [-0.05, 0) is 25.5 Å². The molecule has 2 rings (SSSR count). The minimum Gasteiger partial charge on any atom is -0.508 e. The first kappa shape index (κ1) is 10.5. The smallest absolute Gasteiger partial charge is 0.120 e. The fourth-order valence-electron chi connectivity index (χ4n) is 1.94. The topological polar surface area (TPSA) is 44.3 Å². The van der Waals surface area contributed by atoms with E-state index in [2.05, 4.69) is 10.6 Å². The van der Waals surface area contributed by atoms with Crippen molar-refractivity contribution in [3.63, 3.8) is 0 Å². The summed E-state index contributed by atoms with van der Waals surface area (Å²) in [6.45, 7) is 2.92. The van der Waals surface area contributed by atoms with Gasteiger partial charge in [-0.1, -0.05) is 18.2 Å². The molecule has 1 heterocycles. The standard InChI is InChI=1S/C12H18N2O/c15-12-6-2-1-4-10(12)8-14-11-5-3-7-13-9-11/h1-2,4,6,11,13-15H,3,5,7-9H2. The lowest BCUT2D eigenvalue weighted by Gasteiger charge is -2.24. The first-order valence-corrected chi connectivity index (χ1v) is 5.57. The fraction of sp³-hybridized carbons (Fsp3) is 0.500. The average Bonchev–Trinajstić information content (AvgIpc) is 2.29. The molecule has 15 heavy (non-hydrogen) atoms. The van der Waals surface area contributed by atoms with Crippen LogP contribution in [0.5, 0.6) is 5.75 Å². The second-order valence-electron chi connectivity index (χ2n) is 4.05. The number of phenolic OH excluding ortho intramolecular Hbond substituents is 1. The first-order chi connectivity index (χ1) is 7.36. The van der Waals surface area contributed by atoms with E-state index in [0.29, 0.717) is 11.8 Å². The Morgan fingerprint density at radius 3 is 3.00 bits per heavy atom. The van der Waals surface area contributed by atoms with Crippen LogP contribution in [0, 0.1) is 0 Å². The van der Waals surface area contributed by atoms with Crippen LogP contribution in [0.25, 0.3) is 0 Å². The lowest BCUT2D eigenvalue weighted by Crippen LogP contribution is -2.42. The van der Waals surface area contributed by atoms with Crippen LogP contribution < -0.4 is 10.6 Å². The van der Waals surface area contributed by atoms with Crippen LogP contribution in [-0.4, -0.2) is 24.2 Å². The fourth-order valence-corrected chi connectivity index (χ4v) is 1.94. The summed E-state index contributed by atoms with van der Waals surface area (Å²) < 4.78 is 0. The van der Waals surface area contributed by atoms with Crippen LogP contribution in [0.4, 0.5) is 0 Å². The third-order valence-corrected chi connectivity index (χ3v) is 2.87. The molecule has 1 aliphatic rings. The Kier molecular flexibility index (Phi) is 3.59. The maximum absolute atomic E-state index is 9.58. The van der Waals surface area contributed by atoms with Crippen LogP contribution in [-0.2, 0) is 6.54 Å². The minimum atomic E-state index is 0.383. The van der Waals surface area contributed by atoms with E-state index in [1.54, 1.807) is 6.07 Å². The lowest BCUT2D eigenvalue weighted by molar-refractivity contribution is 0.384. The molecule has 0 aliphatic carbocycles. The monoisotopic (exact) mass is 206 g/mol. The van der Waals surface area contributed by atoms with Gasteiger partial charge in [0.1, 0.15) is 5.75 Å². The molecule has 0 aromatic heterocycles. The summed E-state index contributed by atoms with van der Waals surface area (Å²) in [6.07, 6.45) is 2.46. The molecule has 1 fully saturated rings. The van der Waals surface area contributed by atoms with Gasteiger partial charge in [0.25, 0.3) is 0 Å². The van der Waals surface area contributed by atoms with Crippen molar-refractivity contribution >= 4 is 0 Å². The molecule has 1 aliphatic heterocycles. The van der Waals surface area contributed by atoms with E-state index in [9.17, 15) is 5.11 Å². The van der Waals surface area contributed by atoms with Crippen LogP contribution in [0.1, 0.15) is 18.4 Å². The zero-order valence-corrected chi connectivity index (χ0v) is 8.87. The van der Waals surface area contributed by atoms with E-state index in [-0.39, 0.29) is 0 Å². The molecule has 1 unspecified atom stereocenters. The van der Waals surface area contributed by atoms with Crippen LogP contribution >= 0.6 is 0 Å². The molecule has 0 saturated carbocycles. The Hall–Kier alpha value is -1.06. The number of benzene rings is 1. The highest BCUT2D eigenvalue weighted by molar-refractivity contribution is 5.31. The van der Waals surface area contributed by atoms with Crippen LogP contribution in [0.2, 0.25) is 0 Å². The van der Waals surface area contributed by atoms with Crippen molar-refractivity contribution in [2.24, 2.45) is 0 Å². The number of rotatable bonds is 3. The third-order valence-electron chi connectivity index (χ3n) is 2.87. The quantitative estimate of drug-likeness (QED) is 0.697. The summed E-state index contributed by atoms with van der Waals surface area (Å²) in [7, 11) is 0. The minimum absolute atomic E-state index is 0.383. The van der Waals surface area contributed by atoms with E-state index >= 15 is 0 Å². The second-order valence-corrected chi connectivity index (χ2v) is 4.05. The molecule has 0 radical (unpaired) electrons. The number of para-hydroxylation sites is 1. The molecule has 3 N–H and O–H groups in total. The van der Waals surface area contributed by atoms with Gasteiger partial charge < -0.3 is 15.7 Å². The Balaban J connectivity index is 1.84. The zero-order chi connectivity index (χ0) is 10.5. The number of aromatic hydroxyl groups is 1. The highest BCUT2D eigenvalue weighted by Gasteiger charge is 2.12. The van der Waals surface area contributed by atoms with E-state index in [4.69, 9.17) is 0 Å². The van der Waals surface area contributed by atoms with Crippen molar-refractivity contribution in [1.82, 2.24) is 10.6 Å². The summed E-state index contributed by atoms with van der Waals surface area (Å²) in [4.78, 5) is 0. The van der Waals surface area contributed by atoms with E-state index in [1.165, 1.54) is 12.8 Å². The maximum atomic E-state index is 9.58. The predicted molar refractivity (Wildman–Crippen MR) is 60.8 cm³/mol. The molecule has 1 aromatic carbocycles. The number of phenols is 1. The first-order valence-electron chi connectivity index (χ1n) is 5.57. The van der Waals surface area contributed by atoms with Crippen molar-refractivity contribution in [1.29, 1.82) is 0 Å². The molecule has 0 bridgehead atoms. The van der Waals surface area contributed by atoms with Gasteiger partial charge >= 0.3 is 0 Å². The molecule has 3 heteroatoms. The molecule has 0 amide bonds. The molecule has 1 saturated heterocycles. The van der Waals surface area contributed by atoms with Gasteiger partial charge in [-0.25, -0.2) is 0 Å². The SMILES string of the molecule is Oc1ccccc1CNC1CCCNC1. The highest BCUT2D eigenvalue weighted by atomic mass is 16.3. The summed E-state index contributed by atoms with van der Waals surface area (Å²) >= 11 is 0. The van der Waals surface area contributed by atoms with Crippen molar-refractivity contribution in [3.05, 3.63) is 29.8 Å². The summed E-state index contributed by atoms with van der Waals surface area (Å²) in [5, 5.41) is 16.4. The van der Waals surface area contributed by atoms with Gasteiger partial charge in [0, 0.05) is 24.7 Å². The van der Waals surface area contributed by atoms with E-state index in [0.717, 1.165) is 25.2 Å². The summed E-state index contributed by atoms with van der Waals surface area (Å²) in [5.41, 5.74) is 0.975. The van der Waals surface area contributed by atoms with Gasteiger partial charge in [-0.15, -0.1) is 0 Å². The molecule has 1 aromatic rings. The zero-order valence-electron chi connectivity index (χ0n) is 8.87. The normalized spacial score (nSPS) is 21.5. The summed E-state index contributed by atoms with van der Waals surface area (Å²) in [5.74, 6) is 0.383. The number of nitrogens with one attached hydrogen (secondary N) is 2. The third kappa shape index (κ3) is 2.94. The molecule has 3 nitrogen and oxygen atoms in total. The van der Waals surface area contributed by atoms with Gasteiger partial charge in [-0.2, -0.15) is 0 Å². The van der Waals surface area contributed by atoms with Crippen molar-refractivity contribution in [2.75, 3.05) is 13.1 Å². The Labute approximate surface area is 90.5 Å². The van der Waals surface area contributed by atoms with Gasteiger partial charge in [0.15, 0.2) is 0 Å². The number of hydrogen-bond donors (Lipinski definition) is 3. The average molecular weight is 206 g/mol. The second kappa shape index (κ2) is 5.14. The van der Waals surface area contributed by atoms with Crippen LogP contribution in [0.15, 0.2) is 24.3 Å². The van der Waals surface area contributed by atoms with Crippen LogP contribution in [0.3, 0.4) is 0 Å². The van der Waals surface area contributed by atoms with Gasteiger partial charge in [0.05, 0.1) is 0 Å². The highest BCUT2D eigenvalue weighted by Crippen LogP contribution is 2.15. The molecule has 0 spiro atoms. The summed E-state index contributed by atoms with van der Waals surface area (Å²) in [6, 6.07) is 8.03. The Bertz CT molecular complexity index is 308. The molecule has 1 atom stereocenters. The molecular weight excluding hydrogens is 188 g/mol. The van der Waals surface area contributed by atoms with Crippen molar-refractivity contribution in [2.45, 2.75) is 25.4 Å². The van der Waals surface area contributed by atoms with Gasteiger partial charge in [0.2, 0.25) is 0 Å². The largest absolute Gasteiger partial charge is 0.508 e. The molecule has 82 valence electrons. The maximum Gasteiger partial charge on any atom is 0.120 e. The Morgan fingerprint density at radius 1 is 1.40 bits per heavy atom. The lowest BCUT2D eigenvalue weighted by atomic mass is 10.1. The van der Waals surface area contributed by atoms with E-state index in [1.807, 2.05) is 18.2 Å². The number of hydrogen-bond acceptors (Lipinski definition) is 3. The van der Waals surface area contributed by atoms with Crippen molar-refractivity contribution < 1.29 is 5.11 Å². The van der Waals surface area contributed by atoms with E-state index < -0.39 is 0 Å². The number of piperidine rings is 1. The predicted octanol–water partition coefficient (Wildman–Crippen LogP) is 1.23. The molecular formula is C12H18N2O. The van der Waals surface area contributed by atoms with Gasteiger partial charge in [-0.3, -0.25) is 0 Å². The van der Waals surface area contributed by atoms with Crippen molar-refractivity contribution in [3.8, 4) is 5.75 Å². The Morgan fingerprint density at radius 2 is 2.27 bits per heavy atom.